The summed E-state index contributed by atoms with van der Waals surface area (Å²) in [7, 11) is -3.91. The molecular formula is C17H12I3O6S-. The number of carbonyl (C=O) groups excluding carboxylic acids is 1. The monoisotopic (exact) mass is 725 g/mol. The van der Waals surface area contributed by atoms with E-state index >= 15 is 0 Å². The highest BCUT2D eigenvalue weighted by Crippen LogP contribution is 2.33. The number of carbonyl (C=O) groups is 1. The summed E-state index contributed by atoms with van der Waals surface area (Å²) >= 11 is 5.80. The first-order chi connectivity index (χ1) is 12.7. The third-order valence-electron chi connectivity index (χ3n) is 3.30. The van der Waals surface area contributed by atoms with Crippen LogP contribution in [0.25, 0.3) is 6.08 Å². The van der Waals surface area contributed by atoms with Crippen molar-refractivity contribution in [1.82, 2.24) is 0 Å². The fourth-order valence-electron chi connectivity index (χ4n) is 2.02. The fraction of sp³-hybridized carbons (Fsp3) is 0.118. The minimum atomic E-state index is -3.91. The van der Waals surface area contributed by atoms with Gasteiger partial charge in [0.1, 0.15) is 19.0 Å². The Hall–Kier alpha value is -0.450. The van der Waals surface area contributed by atoms with Crippen LogP contribution in [0.15, 0.2) is 41.8 Å². The molecule has 0 amide bonds. The molecule has 0 fully saturated rings. The van der Waals surface area contributed by atoms with E-state index in [9.17, 15) is 18.3 Å². The molecule has 2 rings (SSSR count). The molecule has 10 heteroatoms. The molecule has 0 atom stereocenters. The van der Waals surface area contributed by atoms with E-state index in [1.165, 1.54) is 12.1 Å². The summed E-state index contributed by atoms with van der Waals surface area (Å²) in [6, 6.07) is 7.77. The van der Waals surface area contributed by atoms with Gasteiger partial charge in [-0.15, -0.1) is 0 Å². The summed E-state index contributed by atoms with van der Waals surface area (Å²) in [6.45, 7) is 3.32. The van der Waals surface area contributed by atoms with Crippen molar-refractivity contribution in [1.29, 1.82) is 0 Å². The second kappa shape index (κ2) is 9.84. The predicted octanol–water partition coefficient (Wildman–Crippen LogP) is 3.29. The highest BCUT2D eigenvalue weighted by atomic mass is 127. The van der Waals surface area contributed by atoms with Crippen LogP contribution in [0.4, 0.5) is 0 Å². The van der Waals surface area contributed by atoms with Gasteiger partial charge >= 0.3 is 0 Å². The normalized spacial score (nSPS) is 11.2. The van der Waals surface area contributed by atoms with Crippen molar-refractivity contribution in [2.45, 2.75) is 4.90 Å². The molecule has 0 saturated heterocycles. The molecule has 6 nitrogen and oxygen atoms in total. The van der Waals surface area contributed by atoms with Gasteiger partial charge in [0.05, 0.1) is 18.0 Å². The van der Waals surface area contributed by atoms with Crippen molar-refractivity contribution in [2.75, 3.05) is 13.2 Å². The van der Waals surface area contributed by atoms with Gasteiger partial charge in [0, 0.05) is 9.13 Å². The van der Waals surface area contributed by atoms with Crippen LogP contribution in [0.3, 0.4) is 0 Å². The summed E-state index contributed by atoms with van der Waals surface area (Å²) in [6.07, 6.45) is 1.61. The number of aromatic carboxylic acids is 1. The quantitative estimate of drug-likeness (QED) is 0.236. The SMILES string of the molecule is C=Cc1ccc(S(=O)(=O)OCCOc2c(I)cc(I)c(C(=O)[O-])c2I)cc1. The molecule has 0 heterocycles. The standard InChI is InChI=1S/C17H13I3O6S/c1-2-10-3-5-11(6-4-10)27(23,24)26-8-7-25-16-13(19)9-12(18)14(15(16)20)17(21)22/h2-6,9H,1,7-8H2,(H,21,22)/p-1. The summed E-state index contributed by atoms with van der Waals surface area (Å²) in [5.41, 5.74) is 0.839. The average molecular weight is 725 g/mol. The van der Waals surface area contributed by atoms with E-state index in [0.717, 1.165) is 5.56 Å². The van der Waals surface area contributed by atoms with Crippen molar-refractivity contribution in [2.24, 2.45) is 0 Å². The molecule has 0 bridgehead atoms. The van der Waals surface area contributed by atoms with Crippen molar-refractivity contribution >= 4 is 89.9 Å². The predicted molar refractivity (Wildman–Crippen MR) is 124 cm³/mol. The highest BCUT2D eigenvalue weighted by Gasteiger charge is 2.18. The van der Waals surface area contributed by atoms with E-state index < -0.39 is 16.1 Å². The maximum atomic E-state index is 12.2. The highest BCUT2D eigenvalue weighted by molar-refractivity contribution is 14.1. The first-order valence-electron chi connectivity index (χ1n) is 7.31. The Balaban J connectivity index is 2.05. The molecule has 0 aliphatic carbocycles. The minimum Gasteiger partial charge on any atom is -0.545 e. The smallest absolute Gasteiger partial charge is 0.297 e. The van der Waals surface area contributed by atoms with Crippen LogP contribution in [0.1, 0.15) is 15.9 Å². The zero-order valence-corrected chi connectivity index (χ0v) is 20.9. The van der Waals surface area contributed by atoms with Crippen molar-refractivity contribution in [3.8, 4) is 5.75 Å². The van der Waals surface area contributed by atoms with Gasteiger partial charge in [0.25, 0.3) is 10.1 Å². The third-order valence-corrected chi connectivity index (χ3v) is 7.31. The van der Waals surface area contributed by atoms with Crippen LogP contribution >= 0.6 is 67.8 Å². The van der Waals surface area contributed by atoms with Crippen LogP contribution in [0.2, 0.25) is 0 Å². The van der Waals surface area contributed by atoms with Crippen molar-refractivity contribution in [3.63, 3.8) is 0 Å². The molecule has 0 unspecified atom stereocenters. The molecule has 0 radical (unpaired) electrons. The summed E-state index contributed by atoms with van der Waals surface area (Å²) in [5.74, 6) is -0.945. The number of ether oxygens (including phenoxy) is 1. The summed E-state index contributed by atoms with van der Waals surface area (Å²) in [4.78, 5) is 11.3. The number of carboxylic acids is 1. The lowest BCUT2D eigenvalue weighted by atomic mass is 10.2. The van der Waals surface area contributed by atoms with Gasteiger partial charge in [-0.2, -0.15) is 8.42 Å². The van der Waals surface area contributed by atoms with Gasteiger partial charge in [0.2, 0.25) is 0 Å². The molecule has 0 aliphatic heterocycles. The van der Waals surface area contributed by atoms with E-state index in [-0.39, 0.29) is 23.7 Å². The fourth-order valence-corrected chi connectivity index (χ4v) is 7.03. The van der Waals surface area contributed by atoms with Gasteiger partial charge in [-0.3, -0.25) is 4.18 Å². The number of hydrogen-bond acceptors (Lipinski definition) is 6. The first-order valence-corrected chi connectivity index (χ1v) is 12.0. The Kier molecular flexibility index (Phi) is 8.33. The lowest BCUT2D eigenvalue weighted by Crippen LogP contribution is -2.25. The van der Waals surface area contributed by atoms with E-state index in [4.69, 9.17) is 8.92 Å². The van der Waals surface area contributed by atoms with Crippen molar-refractivity contribution < 1.29 is 27.2 Å². The maximum absolute atomic E-state index is 12.2. The number of benzene rings is 2. The van der Waals surface area contributed by atoms with Crippen LogP contribution in [0.5, 0.6) is 5.75 Å². The molecule has 2 aromatic carbocycles. The second-order valence-electron chi connectivity index (χ2n) is 5.04. The Labute approximate surface area is 197 Å². The molecule has 0 spiro atoms. The summed E-state index contributed by atoms with van der Waals surface area (Å²) < 4.78 is 36.5. The number of rotatable bonds is 8. The zero-order valence-electron chi connectivity index (χ0n) is 13.6. The zero-order chi connectivity index (χ0) is 20.2. The lowest BCUT2D eigenvalue weighted by Gasteiger charge is -2.16. The van der Waals surface area contributed by atoms with E-state index in [1.54, 1.807) is 24.3 Å². The molecule has 27 heavy (non-hydrogen) atoms. The maximum Gasteiger partial charge on any atom is 0.297 e. The second-order valence-corrected chi connectivity index (χ2v) is 10.1. The minimum absolute atomic E-state index is 0.0331. The van der Waals surface area contributed by atoms with E-state index in [0.29, 0.717) is 16.5 Å². The van der Waals surface area contributed by atoms with Gasteiger partial charge in [-0.05, 0) is 91.5 Å². The number of hydrogen-bond donors (Lipinski definition) is 0. The molecule has 0 saturated carbocycles. The lowest BCUT2D eigenvalue weighted by molar-refractivity contribution is -0.255. The molecule has 144 valence electrons. The Morgan fingerprint density at radius 3 is 2.30 bits per heavy atom. The molecule has 2 aromatic rings. The number of halogens is 3. The summed E-state index contributed by atoms with van der Waals surface area (Å²) in [5, 5.41) is 11.3. The van der Waals surface area contributed by atoms with E-state index in [1.807, 2.05) is 67.8 Å². The first kappa shape index (κ1) is 22.8. The van der Waals surface area contributed by atoms with Crippen molar-refractivity contribution in [3.05, 3.63) is 58.7 Å². The molecule has 0 N–H and O–H groups in total. The third kappa shape index (κ3) is 5.77. The van der Waals surface area contributed by atoms with Crippen LogP contribution in [-0.2, 0) is 14.3 Å². The Morgan fingerprint density at radius 1 is 1.11 bits per heavy atom. The molecule has 0 aliphatic rings. The largest absolute Gasteiger partial charge is 0.545 e. The molecular weight excluding hydrogens is 713 g/mol. The topological polar surface area (TPSA) is 92.7 Å². The van der Waals surface area contributed by atoms with Gasteiger partial charge < -0.3 is 14.6 Å². The Bertz CT molecular complexity index is 971. The average Bonchev–Trinajstić information content (AvgIpc) is 2.60. The van der Waals surface area contributed by atoms with Crippen LogP contribution in [-0.4, -0.2) is 27.6 Å². The Morgan fingerprint density at radius 2 is 1.74 bits per heavy atom. The van der Waals surface area contributed by atoms with Gasteiger partial charge in [-0.1, -0.05) is 24.8 Å². The molecule has 0 aromatic heterocycles. The van der Waals surface area contributed by atoms with Gasteiger partial charge in [-0.25, -0.2) is 0 Å². The van der Waals surface area contributed by atoms with Gasteiger partial charge in [0.15, 0.2) is 0 Å². The number of carboxylic acid groups (broad SMARTS) is 1. The van der Waals surface area contributed by atoms with Crippen LogP contribution < -0.4 is 9.84 Å². The van der Waals surface area contributed by atoms with Crippen LogP contribution in [0, 0.1) is 10.7 Å². The van der Waals surface area contributed by atoms with E-state index in [2.05, 4.69) is 6.58 Å².